The number of rotatable bonds is 57. The third-order valence-corrected chi connectivity index (χ3v) is 13.7. The zero-order chi connectivity index (χ0) is 52.9. The van der Waals surface area contributed by atoms with Gasteiger partial charge in [-0.3, -0.25) is 14.4 Å². The van der Waals surface area contributed by atoms with Crippen LogP contribution in [-0.2, 0) is 28.6 Å². The molecule has 0 aliphatic rings. The molecule has 0 aliphatic carbocycles. The second-order valence-corrected chi connectivity index (χ2v) is 20.9. The highest BCUT2D eigenvalue weighted by molar-refractivity contribution is 5.71. The van der Waals surface area contributed by atoms with Crippen molar-refractivity contribution in [2.24, 2.45) is 0 Å². The standard InChI is InChI=1S/C67H118O6/c1-4-7-10-13-16-19-22-25-27-29-30-31-32-33-34-35-36-38-39-42-45-48-51-54-57-60-66(69)72-63-64(62-71-65(68)59-56-53-50-47-44-41-24-21-18-15-12-9-6-3)73-67(70)61-58-55-52-49-46-43-40-37-28-26-23-20-17-14-11-8-5-2/h8,11,17,20-21,24,26,28,40,43,49,52,64H,4-7,9-10,12-16,18-19,22-23,25,27,29-39,41-42,44-48,50-51,53-63H2,1-3H3/b11-8-,20-17-,24-21-,28-26-,43-40-,52-49-. The lowest BCUT2D eigenvalue weighted by Crippen LogP contribution is -2.30. The van der Waals surface area contributed by atoms with Crippen LogP contribution in [0.1, 0.15) is 316 Å². The van der Waals surface area contributed by atoms with Crippen molar-refractivity contribution >= 4 is 17.9 Å². The lowest BCUT2D eigenvalue weighted by Gasteiger charge is -2.18. The minimum absolute atomic E-state index is 0.0980. The maximum Gasteiger partial charge on any atom is 0.306 e. The van der Waals surface area contributed by atoms with Crippen molar-refractivity contribution in [1.82, 2.24) is 0 Å². The number of allylic oxidation sites excluding steroid dienone is 12. The van der Waals surface area contributed by atoms with Gasteiger partial charge in [-0.15, -0.1) is 0 Å². The summed E-state index contributed by atoms with van der Waals surface area (Å²) >= 11 is 0. The second kappa shape index (κ2) is 61.4. The molecule has 422 valence electrons. The zero-order valence-electron chi connectivity index (χ0n) is 48.4. The Balaban J connectivity index is 4.32. The first-order valence-electron chi connectivity index (χ1n) is 31.4. The van der Waals surface area contributed by atoms with Gasteiger partial charge >= 0.3 is 17.9 Å². The average molecular weight is 1020 g/mol. The van der Waals surface area contributed by atoms with Gasteiger partial charge in [0.2, 0.25) is 0 Å². The normalized spacial score (nSPS) is 12.5. The van der Waals surface area contributed by atoms with Crippen molar-refractivity contribution in [2.75, 3.05) is 13.2 Å². The van der Waals surface area contributed by atoms with E-state index < -0.39 is 6.10 Å². The molecule has 0 radical (unpaired) electrons. The Morgan fingerprint density at radius 1 is 0.288 bits per heavy atom. The summed E-state index contributed by atoms with van der Waals surface area (Å²) in [6.07, 6.45) is 79.2. The highest BCUT2D eigenvalue weighted by atomic mass is 16.6. The van der Waals surface area contributed by atoms with Crippen LogP contribution < -0.4 is 0 Å². The van der Waals surface area contributed by atoms with Gasteiger partial charge in [0.05, 0.1) is 0 Å². The van der Waals surface area contributed by atoms with Gasteiger partial charge in [-0.25, -0.2) is 0 Å². The van der Waals surface area contributed by atoms with Crippen LogP contribution in [0.5, 0.6) is 0 Å². The summed E-state index contributed by atoms with van der Waals surface area (Å²) in [5, 5.41) is 0. The van der Waals surface area contributed by atoms with E-state index in [9.17, 15) is 14.4 Å². The molecule has 1 atom stereocenters. The Morgan fingerprint density at radius 2 is 0.548 bits per heavy atom. The van der Waals surface area contributed by atoms with Crippen molar-refractivity contribution in [3.63, 3.8) is 0 Å². The van der Waals surface area contributed by atoms with Gasteiger partial charge in [-0.1, -0.05) is 286 Å². The first-order chi connectivity index (χ1) is 36.0. The first kappa shape index (κ1) is 69.8. The zero-order valence-corrected chi connectivity index (χ0v) is 48.4. The molecule has 0 aliphatic heterocycles. The van der Waals surface area contributed by atoms with Gasteiger partial charge in [0.25, 0.3) is 0 Å². The number of ether oxygens (including phenoxy) is 3. The van der Waals surface area contributed by atoms with E-state index in [-0.39, 0.29) is 37.5 Å². The van der Waals surface area contributed by atoms with Crippen molar-refractivity contribution in [2.45, 2.75) is 322 Å². The van der Waals surface area contributed by atoms with Crippen LogP contribution in [0.15, 0.2) is 72.9 Å². The molecule has 0 fully saturated rings. The van der Waals surface area contributed by atoms with Gasteiger partial charge < -0.3 is 14.2 Å². The third-order valence-electron chi connectivity index (χ3n) is 13.7. The number of hydrogen-bond acceptors (Lipinski definition) is 6. The fraction of sp³-hybridized carbons (Fsp3) is 0.776. The highest BCUT2D eigenvalue weighted by Gasteiger charge is 2.19. The molecular weight excluding hydrogens is 901 g/mol. The molecule has 0 amide bonds. The fourth-order valence-electron chi connectivity index (χ4n) is 9.00. The second-order valence-electron chi connectivity index (χ2n) is 20.9. The minimum atomic E-state index is -0.808. The van der Waals surface area contributed by atoms with Crippen LogP contribution >= 0.6 is 0 Å². The molecule has 0 spiro atoms. The molecule has 0 rings (SSSR count). The SMILES string of the molecule is CC/C=C\C/C=C\C/C=C\C/C=C\C/C=C\CCCC(=O)OC(COC(=O)CCCCCCC/C=C\CCCCCC)COC(=O)CCCCCCCCCCCCCCCCCCCCCCCCCCC. The quantitative estimate of drug-likeness (QED) is 0.0261. The van der Waals surface area contributed by atoms with Gasteiger partial charge in [0.1, 0.15) is 13.2 Å². The molecule has 0 aromatic carbocycles. The summed E-state index contributed by atoms with van der Waals surface area (Å²) in [4.78, 5) is 38.2. The van der Waals surface area contributed by atoms with Crippen LogP contribution in [0.25, 0.3) is 0 Å². The largest absolute Gasteiger partial charge is 0.462 e. The van der Waals surface area contributed by atoms with Crippen LogP contribution in [0.4, 0.5) is 0 Å². The predicted molar refractivity (Wildman–Crippen MR) is 316 cm³/mol. The summed E-state index contributed by atoms with van der Waals surface area (Å²) in [7, 11) is 0. The lowest BCUT2D eigenvalue weighted by atomic mass is 10.0. The van der Waals surface area contributed by atoms with E-state index >= 15 is 0 Å². The number of hydrogen-bond donors (Lipinski definition) is 0. The maximum absolute atomic E-state index is 12.9. The smallest absolute Gasteiger partial charge is 0.306 e. The number of unbranched alkanes of at least 4 members (excludes halogenated alkanes) is 34. The van der Waals surface area contributed by atoms with E-state index in [2.05, 4.69) is 93.7 Å². The van der Waals surface area contributed by atoms with E-state index in [1.807, 2.05) is 0 Å². The molecule has 6 nitrogen and oxygen atoms in total. The molecule has 0 aromatic rings. The number of carbonyl (C=O) groups excluding carboxylic acids is 3. The maximum atomic E-state index is 12.9. The Labute approximate surface area is 453 Å². The van der Waals surface area contributed by atoms with Gasteiger partial charge in [-0.05, 0) is 83.5 Å². The first-order valence-corrected chi connectivity index (χ1v) is 31.4. The lowest BCUT2D eigenvalue weighted by molar-refractivity contribution is -0.167. The van der Waals surface area contributed by atoms with E-state index in [1.54, 1.807) is 0 Å². The Kier molecular flexibility index (Phi) is 58.7. The summed E-state index contributed by atoms with van der Waals surface area (Å²) in [5.41, 5.74) is 0. The van der Waals surface area contributed by atoms with E-state index in [4.69, 9.17) is 14.2 Å². The fourth-order valence-corrected chi connectivity index (χ4v) is 9.00. The molecule has 0 aromatic heterocycles. The van der Waals surface area contributed by atoms with Crippen LogP contribution in [0.2, 0.25) is 0 Å². The highest BCUT2D eigenvalue weighted by Crippen LogP contribution is 2.17. The molecule has 0 N–H and O–H groups in total. The van der Waals surface area contributed by atoms with Crippen molar-refractivity contribution in [3.8, 4) is 0 Å². The molecule has 1 unspecified atom stereocenters. The van der Waals surface area contributed by atoms with E-state index in [0.717, 1.165) is 83.5 Å². The van der Waals surface area contributed by atoms with Crippen molar-refractivity contribution in [1.29, 1.82) is 0 Å². The van der Waals surface area contributed by atoms with Crippen molar-refractivity contribution < 1.29 is 28.6 Å². The van der Waals surface area contributed by atoms with Crippen LogP contribution in [0, 0.1) is 0 Å². The number of carbonyl (C=O) groups is 3. The van der Waals surface area contributed by atoms with Crippen LogP contribution in [-0.4, -0.2) is 37.2 Å². The third kappa shape index (κ3) is 59.6. The summed E-state index contributed by atoms with van der Waals surface area (Å²) in [5.74, 6) is -0.953. The monoisotopic (exact) mass is 1020 g/mol. The van der Waals surface area contributed by atoms with Gasteiger partial charge in [0.15, 0.2) is 6.10 Å². The molecule has 73 heavy (non-hydrogen) atoms. The number of esters is 3. The molecule has 0 saturated carbocycles. The van der Waals surface area contributed by atoms with Crippen LogP contribution in [0.3, 0.4) is 0 Å². The molecule has 0 heterocycles. The average Bonchev–Trinajstić information content (AvgIpc) is 3.39. The molecule has 0 bridgehead atoms. The Bertz CT molecular complexity index is 1360. The predicted octanol–water partition coefficient (Wildman–Crippen LogP) is 21.3. The Hall–Kier alpha value is -3.15. The molecular formula is C67H118O6. The van der Waals surface area contributed by atoms with Gasteiger partial charge in [-0.2, -0.15) is 0 Å². The van der Waals surface area contributed by atoms with Gasteiger partial charge in [0, 0.05) is 19.3 Å². The summed E-state index contributed by atoms with van der Waals surface area (Å²) in [6.45, 7) is 6.49. The summed E-state index contributed by atoms with van der Waals surface area (Å²) in [6, 6.07) is 0. The Morgan fingerprint density at radius 3 is 0.904 bits per heavy atom. The molecule has 0 saturated heterocycles. The topological polar surface area (TPSA) is 78.9 Å². The molecule has 6 heteroatoms. The van der Waals surface area contributed by atoms with E-state index in [0.29, 0.717) is 19.3 Å². The minimum Gasteiger partial charge on any atom is -0.462 e. The van der Waals surface area contributed by atoms with E-state index in [1.165, 1.54) is 186 Å². The van der Waals surface area contributed by atoms with Crippen molar-refractivity contribution in [3.05, 3.63) is 72.9 Å². The summed E-state index contributed by atoms with van der Waals surface area (Å²) < 4.78 is 16.8.